The van der Waals surface area contributed by atoms with E-state index in [1.807, 2.05) is 54.7 Å². The van der Waals surface area contributed by atoms with E-state index in [-0.39, 0.29) is 5.57 Å². The lowest BCUT2D eigenvalue weighted by Gasteiger charge is -2.03. The van der Waals surface area contributed by atoms with Gasteiger partial charge in [0.25, 0.3) is 5.91 Å². The van der Waals surface area contributed by atoms with Gasteiger partial charge in [0.05, 0.1) is 11.4 Å². The zero-order valence-corrected chi connectivity index (χ0v) is 16.5. The number of nitrogens with one attached hydrogen (secondary N) is 1. The molecule has 0 aliphatic heterocycles. The minimum Gasteiger partial charge on any atom is -0.354 e. The first-order valence-electron chi connectivity index (χ1n) is 8.88. The molecule has 0 aliphatic rings. The van der Waals surface area contributed by atoms with Gasteiger partial charge in [0.2, 0.25) is 0 Å². The molecule has 0 saturated carbocycles. The van der Waals surface area contributed by atoms with Crippen LogP contribution in [-0.2, 0) is 4.79 Å². The Bertz CT molecular complexity index is 1030. The fraction of sp³-hybridized carbons (Fsp3) is 0.136. The number of likely N-dealkylation sites (N-methyl/N-ethyl adjacent to an activating group) is 1. The maximum Gasteiger partial charge on any atom is 0.261 e. The van der Waals surface area contributed by atoms with E-state index in [1.165, 1.54) is 11.9 Å². The summed E-state index contributed by atoms with van der Waals surface area (Å²) >= 11 is 1.77. The number of carbonyl (C=O) groups excluding carboxylic acids is 1. The van der Waals surface area contributed by atoms with Crippen molar-refractivity contribution in [3.8, 4) is 23.0 Å². The molecule has 0 saturated heterocycles. The van der Waals surface area contributed by atoms with E-state index >= 15 is 0 Å². The Kier molecular flexibility index (Phi) is 6.30. The first-order chi connectivity index (χ1) is 13.7. The molecule has 1 aromatic heterocycles. The maximum absolute atomic E-state index is 12.0. The van der Waals surface area contributed by atoms with Gasteiger partial charge in [0.1, 0.15) is 11.6 Å². The van der Waals surface area contributed by atoms with E-state index in [4.69, 9.17) is 5.10 Å². The number of rotatable bonds is 6. The summed E-state index contributed by atoms with van der Waals surface area (Å²) in [7, 11) is 1.51. The van der Waals surface area contributed by atoms with Gasteiger partial charge < -0.3 is 5.32 Å². The van der Waals surface area contributed by atoms with Crippen LogP contribution in [-0.4, -0.2) is 28.5 Å². The van der Waals surface area contributed by atoms with E-state index < -0.39 is 5.91 Å². The molecule has 28 heavy (non-hydrogen) atoms. The van der Waals surface area contributed by atoms with Crippen molar-refractivity contribution in [2.24, 2.45) is 0 Å². The molecule has 1 N–H and O–H groups in total. The molecule has 140 valence electrons. The van der Waals surface area contributed by atoms with Crippen LogP contribution in [0.3, 0.4) is 0 Å². The van der Waals surface area contributed by atoms with Crippen LogP contribution in [0.2, 0.25) is 0 Å². The number of hydrogen-bond acceptors (Lipinski definition) is 4. The molecule has 0 fully saturated rings. The average molecular weight is 388 g/mol. The van der Waals surface area contributed by atoms with Crippen molar-refractivity contribution in [2.75, 3.05) is 12.8 Å². The van der Waals surface area contributed by atoms with Crippen molar-refractivity contribution in [3.05, 3.63) is 71.9 Å². The minimum atomic E-state index is -0.421. The van der Waals surface area contributed by atoms with Crippen LogP contribution in [0.15, 0.2) is 71.3 Å². The summed E-state index contributed by atoms with van der Waals surface area (Å²) in [5.41, 5.74) is 3.29. The Morgan fingerprint density at radius 1 is 1.21 bits per heavy atom. The number of aromatic nitrogens is 2. The Balaban J connectivity index is 2.11. The maximum atomic E-state index is 12.0. The first kappa shape index (κ1) is 19.5. The van der Waals surface area contributed by atoms with Gasteiger partial charge in [0, 0.05) is 29.3 Å². The van der Waals surface area contributed by atoms with Crippen LogP contribution in [0.4, 0.5) is 0 Å². The SMILES string of the molecule is CCSc1ccc(-c2nn(-c3ccccc3)cc2/C=C(/C#N)C(=O)NC)cc1. The second kappa shape index (κ2) is 9.07. The van der Waals surface area contributed by atoms with Gasteiger partial charge in [-0.2, -0.15) is 10.4 Å². The van der Waals surface area contributed by atoms with Crippen molar-refractivity contribution in [2.45, 2.75) is 11.8 Å². The van der Waals surface area contributed by atoms with Crippen molar-refractivity contribution in [1.82, 2.24) is 15.1 Å². The van der Waals surface area contributed by atoms with Crippen LogP contribution < -0.4 is 5.32 Å². The summed E-state index contributed by atoms with van der Waals surface area (Å²) in [5.74, 6) is 0.587. The number of amides is 1. The summed E-state index contributed by atoms with van der Waals surface area (Å²) in [5, 5.41) is 16.6. The number of thioether (sulfide) groups is 1. The lowest BCUT2D eigenvalue weighted by atomic mass is 10.1. The van der Waals surface area contributed by atoms with Gasteiger partial charge in [0.15, 0.2) is 0 Å². The molecule has 1 heterocycles. The normalized spacial score (nSPS) is 11.1. The molecule has 5 nitrogen and oxygen atoms in total. The molecule has 0 atom stereocenters. The summed E-state index contributed by atoms with van der Waals surface area (Å²) < 4.78 is 1.76. The molecular weight excluding hydrogens is 368 g/mol. The summed E-state index contributed by atoms with van der Waals surface area (Å²) in [6.45, 7) is 2.12. The molecule has 0 aliphatic carbocycles. The van der Waals surface area contributed by atoms with Crippen molar-refractivity contribution < 1.29 is 4.79 Å². The van der Waals surface area contributed by atoms with Gasteiger partial charge in [-0.25, -0.2) is 4.68 Å². The van der Waals surface area contributed by atoms with Crippen molar-refractivity contribution in [3.63, 3.8) is 0 Å². The minimum absolute atomic E-state index is 0.0366. The van der Waals surface area contributed by atoms with Gasteiger partial charge in [-0.1, -0.05) is 37.3 Å². The molecular formula is C22H20N4OS. The van der Waals surface area contributed by atoms with E-state index in [9.17, 15) is 10.1 Å². The second-order valence-corrected chi connectivity index (χ2v) is 7.26. The predicted octanol–water partition coefficient (Wildman–Crippen LogP) is 4.30. The van der Waals surface area contributed by atoms with Gasteiger partial charge in [-0.15, -0.1) is 11.8 Å². The topological polar surface area (TPSA) is 70.7 Å². The number of nitrogens with zero attached hydrogens (tertiary/aromatic N) is 3. The Labute approximate surface area is 168 Å². The largest absolute Gasteiger partial charge is 0.354 e. The molecule has 2 aromatic carbocycles. The average Bonchev–Trinajstić information content (AvgIpc) is 3.17. The smallest absolute Gasteiger partial charge is 0.261 e. The van der Waals surface area contributed by atoms with Gasteiger partial charge in [-0.05, 0) is 36.1 Å². The van der Waals surface area contributed by atoms with Gasteiger partial charge >= 0.3 is 0 Å². The highest BCUT2D eigenvalue weighted by Gasteiger charge is 2.14. The van der Waals surface area contributed by atoms with Gasteiger partial charge in [-0.3, -0.25) is 4.79 Å². The summed E-state index contributed by atoms with van der Waals surface area (Å²) in [6, 6.07) is 19.8. The van der Waals surface area contributed by atoms with Crippen molar-refractivity contribution >= 4 is 23.7 Å². The molecule has 3 aromatic rings. The van der Waals surface area contributed by atoms with E-state index in [2.05, 4.69) is 24.4 Å². The van der Waals surface area contributed by atoms with Crippen LogP contribution in [0, 0.1) is 11.3 Å². The highest BCUT2D eigenvalue weighted by Crippen LogP contribution is 2.28. The number of hydrogen-bond donors (Lipinski definition) is 1. The number of carbonyl (C=O) groups is 1. The second-order valence-electron chi connectivity index (χ2n) is 5.92. The molecule has 0 radical (unpaired) electrons. The van der Waals surface area contributed by atoms with E-state index in [1.54, 1.807) is 22.5 Å². The number of para-hydroxylation sites is 1. The standard InChI is InChI=1S/C22H20N4OS/c1-3-28-20-11-9-16(10-12-20)21-18(13-17(14-23)22(27)24-2)15-26(25-21)19-7-5-4-6-8-19/h4-13,15H,3H2,1-2H3,(H,24,27)/b17-13-. The third kappa shape index (κ3) is 4.33. The van der Waals surface area contributed by atoms with E-state index in [0.717, 1.165) is 17.0 Å². The Hall–Kier alpha value is -3.30. The van der Waals surface area contributed by atoms with Crippen LogP contribution in [0.25, 0.3) is 23.0 Å². The zero-order chi connectivity index (χ0) is 19.9. The third-order valence-electron chi connectivity index (χ3n) is 4.09. The fourth-order valence-corrected chi connectivity index (χ4v) is 3.41. The summed E-state index contributed by atoms with van der Waals surface area (Å²) in [4.78, 5) is 13.1. The predicted molar refractivity (Wildman–Crippen MR) is 113 cm³/mol. The molecule has 3 rings (SSSR count). The lowest BCUT2D eigenvalue weighted by molar-refractivity contribution is -0.116. The molecule has 1 amide bonds. The Morgan fingerprint density at radius 3 is 2.54 bits per heavy atom. The first-order valence-corrected chi connectivity index (χ1v) is 9.87. The number of benzene rings is 2. The van der Waals surface area contributed by atoms with Crippen molar-refractivity contribution in [1.29, 1.82) is 5.26 Å². The molecule has 0 unspecified atom stereocenters. The summed E-state index contributed by atoms with van der Waals surface area (Å²) in [6.07, 6.45) is 3.41. The number of nitriles is 1. The Morgan fingerprint density at radius 2 is 1.93 bits per heavy atom. The monoisotopic (exact) mass is 388 g/mol. The highest BCUT2D eigenvalue weighted by atomic mass is 32.2. The highest BCUT2D eigenvalue weighted by molar-refractivity contribution is 7.99. The fourth-order valence-electron chi connectivity index (χ4n) is 2.74. The zero-order valence-electron chi connectivity index (χ0n) is 15.7. The van der Waals surface area contributed by atoms with E-state index in [0.29, 0.717) is 11.3 Å². The van der Waals surface area contributed by atoms with Crippen LogP contribution in [0.1, 0.15) is 12.5 Å². The van der Waals surface area contributed by atoms with Crippen LogP contribution in [0.5, 0.6) is 0 Å². The third-order valence-corrected chi connectivity index (χ3v) is 4.99. The van der Waals surface area contributed by atoms with Crippen LogP contribution >= 0.6 is 11.8 Å². The molecule has 0 bridgehead atoms. The molecule has 6 heteroatoms. The quantitative estimate of drug-likeness (QED) is 0.388. The molecule has 0 spiro atoms. The lowest BCUT2D eigenvalue weighted by Crippen LogP contribution is -2.19.